The number of likely N-dealkylation sites (N-methyl/N-ethyl adjacent to an activating group) is 1. The van der Waals surface area contributed by atoms with Gasteiger partial charge in [0, 0.05) is 18.8 Å². The fourth-order valence-electron chi connectivity index (χ4n) is 1.62. The van der Waals surface area contributed by atoms with Crippen molar-refractivity contribution in [2.24, 2.45) is 0 Å². The highest BCUT2D eigenvalue weighted by atomic mass is 16.2. The lowest BCUT2D eigenvalue weighted by molar-refractivity contribution is -0.113. The monoisotopic (exact) mass is 237 g/mol. The molecule has 0 radical (unpaired) electrons. The Morgan fingerprint density at radius 2 is 1.50 bits per heavy atom. The highest BCUT2D eigenvalue weighted by molar-refractivity contribution is 6.03. The number of para-hydroxylation sites is 1. The molecule has 0 aromatic heterocycles. The van der Waals surface area contributed by atoms with Crippen LogP contribution in [-0.2, 0) is 4.79 Å². The minimum Gasteiger partial charge on any atom is -0.312 e. The van der Waals surface area contributed by atoms with Crippen molar-refractivity contribution in [1.29, 1.82) is 0 Å². The Bertz CT molecular complexity index is 532. The second-order valence-electron chi connectivity index (χ2n) is 3.98. The average Bonchev–Trinajstić information content (AvgIpc) is 2.46. The first-order valence-electron chi connectivity index (χ1n) is 5.83. The van der Waals surface area contributed by atoms with Crippen molar-refractivity contribution < 1.29 is 4.79 Å². The molecule has 18 heavy (non-hydrogen) atoms. The van der Waals surface area contributed by atoms with Crippen LogP contribution in [0.1, 0.15) is 5.56 Å². The summed E-state index contributed by atoms with van der Waals surface area (Å²) in [6.45, 7) is 0. The largest absolute Gasteiger partial charge is 0.312 e. The number of amides is 1. The molecule has 0 atom stereocenters. The van der Waals surface area contributed by atoms with Crippen molar-refractivity contribution in [3.8, 4) is 0 Å². The molecule has 2 aromatic rings. The molecule has 1 amide bonds. The third-order valence-electron chi connectivity index (χ3n) is 2.69. The van der Waals surface area contributed by atoms with Gasteiger partial charge in [0.25, 0.3) is 5.91 Å². The van der Waals surface area contributed by atoms with Gasteiger partial charge >= 0.3 is 0 Å². The molecule has 0 aliphatic carbocycles. The fourth-order valence-corrected chi connectivity index (χ4v) is 1.62. The van der Waals surface area contributed by atoms with Crippen LogP contribution in [-0.4, -0.2) is 13.0 Å². The van der Waals surface area contributed by atoms with Gasteiger partial charge in [-0.3, -0.25) is 4.79 Å². The summed E-state index contributed by atoms with van der Waals surface area (Å²) in [6, 6.07) is 19.4. The van der Waals surface area contributed by atoms with Crippen molar-refractivity contribution in [2.75, 3.05) is 11.9 Å². The smallest absolute Gasteiger partial charge is 0.250 e. The van der Waals surface area contributed by atoms with E-state index in [2.05, 4.69) is 0 Å². The van der Waals surface area contributed by atoms with Crippen LogP contribution in [0.3, 0.4) is 0 Å². The first-order valence-corrected chi connectivity index (χ1v) is 5.83. The van der Waals surface area contributed by atoms with Gasteiger partial charge in [0.1, 0.15) is 0 Å². The molecule has 2 heteroatoms. The van der Waals surface area contributed by atoms with E-state index in [0.717, 1.165) is 11.3 Å². The zero-order valence-electron chi connectivity index (χ0n) is 10.3. The normalized spacial score (nSPS) is 10.5. The van der Waals surface area contributed by atoms with E-state index in [9.17, 15) is 4.79 Å². The molecule has 0 heterocycles. The maximum Gasteiger partial charge on any atom is 0.250 e. The molecular formula is C16H15NO. The van der Waals surface area contributed by atoms with Crippen molar-refractivity contribution in [2.45, 2.75) is 0 Å². The van der Waals surface area contributed by atoms with E-state index in [1.54, 1.807) is 18.0 Å². The number of rotatable bonds is 3. The van der Waals surface area contributed by atoms with E-state index in [-0.39, 0.29) is 5.91 Å². The first kappa shape index (κ1) is 12.1. The van der Waals surface area contributed by atoms with Gasteiger partial charge in [-0.15, -0.1) is 0 Å². The van der Waals surface area contributed by atoms with Gasteiger partial charge in [-0.1, -0.05) is 48.5 Å². The van der Waals surface area contributed by atoms with Crippen molar-refractivity contribution in [3.63, 3.8) is 0 Å². The Balaban J connectivity index is 2.07. The number of carbonyl (C=O) groups is 1. The third kappa shape index (κ3) is 3.08. The predicted molar refractivity (Wildman–Crippen MR) is 75.3 cm³/mol. The molecule has 0 N–H and O–H groups in total. The van der Waals surface area contributed by atoms with Crippen LogP contribution in [0.4, 0.5) is 5.69 Å². The first-order chi connectivity index (χ1) is 8.77. The second kappa shape index (κ2) is 5.82. The highest BCUT2D eigenvalue weighted by Gasteiger charge is 2.05. The quantitative estimate of drug-likeness (QED) is 0.749. The van der Waals surface area contributed by atoms with Gasteiger partial charge in [0.05, 0.1) is 0 Å². The Hall–Kier alpha value is -2.35. The molecular weight excluding hydrogens is 222 g/mol. The minimum absolute atomic E-state index is 0.0370. The summed E-state index contributed by atoms with van der Waals surface area (Å²) in [5.41, 5.74) is 1.91. The summed E-state index contributed by atoms with van der Waals surface area (Å²) in [5.74, 6) is -0.0370. The van der Waals surface area contributed by atoms with Gasteiger partial charge in [0.2, 0.25) is 0 Å². The molecule has 90 valence electrons. The summed E-state index contributed by atoms with van der Waals surface area (Å²) >= 11 is 0. The molecule has 0 bridgehead atoms. The van der Waals surface area contributed by atoms with E-state index < -0.39 is 0 Å². The van der Waals surface area contributed by atoms with Crippen molar-refractivity contribution in [1.82, 2.24) is 0 Å². The van der Waals surface area contributed by atoms with E-state index in [1.807, 2.05) is 66.7 Å². The lowest BCUT2D eigenvalue weighted by Crippen LogP contribution is -2.23. The zero-order valence-corrected chi connectivity index (χ0v) is 10.3. The molecule has 0 aliphatic heterocycles. The van der Waals surface area contributed by atoms with Gasteiger partial charge < -0.3 is 4.90 Å². The zero-order chi connectivity index (χ0) is 12.8. The Morgan fingerprint density at radius 1 is 0.944 bits per heavy atom. The number of nitrogens with zero attached hydrogens (tertiary/aromatic N) is 1. The van der Waals surface area contributed by atoms with Gasteiger partial charge in [-0.2, -0.15) is 0 Å². The molecule has 0 aliphatic rings. The predicted octanol–water partition coefficient (Wildman–Crippen LogP) is 3.36. The van der Waals surface area contributed by atoms with Gasteiger partial charge in [-0.25, -0.2) is 0 Å². The standard InChI is InChI=1S/C16H15NO/c1-17(15-10-6-3-7-11-15)16(18)13-12-14-8-4-2-5-9-14/h2-13H,1H3/b13-12-. The van der Waals surface area contributed by atoms with Crippen LogP contribution in [0, 0.1) is 0 Å². The van der Waals surface area contributed by atoms with Crippen LogP contribution < -0.4 is 4.90 Å². The highest BCUT2D eigenvalue weighted by Crippen LogP contribution is 2.11. The number of hydrogen-bond acceptors (Lipinski definition) is 1. The Morgan fingerprint density at radius 3 is 2.11 bits per heavy atom. The van der Waals surface area contributed by atoms with Crippen LogP contribution in [0.25, 0.3) is 6.08 Å². The summed E-state index contributed by atoms with van der Waals surface area (Å²) < 4.78 is 0. The summed E-state index contributed by atoms with van der Waals surface area (Å²) in [6.07, 6.45) is 3.41. The summed E-state index contributed by atoms with van der Waals surface area (Å²) in [7, 11) is 1.77. The van der Waals surface area contributed by atoms with E-state index >= 15 is 0 Å². The molecule has 0 fully saturated rings. The summed E-state index contributed by atoms with van der Waals surface area (Å²) in [5, 5.41) is 0. The van der Waals surface area contributed by atoms with Crippen LogP contribution in [0.15, 0.2) is 66.7 Å². The Kier molecular flexibility index (Phi) is 3.92. The Labute approximate surface area is 107 Å². The van der Waals surface area contributed by atoms with Crippen LogP contribution >= 0.6 is 0 Å². The number of carbonyl (C=O) groups excluding carboxylic acids is 1. The van der Waals surface area contributed by atoms with E-state index in [0.29, 0.717) is 0 Å². The maximum absolute atomic E-state index is 12.0. The lowest BCUT2D eigenvalue weighted by Gasteiger charge is -2.14. The number of benzene rings is 2. The van der Waals surface area contributed by atoms with Gasteiger partial charge in [-0.05, 0) is 23.8 Å². The molecule has 2 rings (SSSR count). The third-order valence-corrected chi connectivity index (χ3v) is 2.69. The SMILES string of the molecule is CN(C(=O)/C=C\c1ccccc1)c1ccccc1. The molecule has 0 saturated heterocycles. The molecule has 0 spiro atoms. The van der Waals surface area contributed by atoms with Gasteiger partial charge in [0.15, 0.2) is 0 Å². The topological polar surface area (TPSA) is 20.3 Å². The second-order valence-corrected chi connectivity index (χ2v) is 3.98. The number of anilines is 1. The van der Waals surface area contributed by atoms with Crippen LogP contribution in [0.5, 0.6) is 0 Å². The molecule has 0 saturated carbocycles. The average molecular weight is 237 g/mol. The van der Waals surface area contributed by atoms with Crippen molar-refractivity contribution >= 4 is 17.7 Å². The van der Waals surface area contributed by atoms with E-state index in [4.69, 9.17) is 0 Å². The van der Waals surface area contributed by atoms with Crippen molar-refractivity contribution in [3.05, 3.63) is 72.3 Å². The molecule has 0 unspecified atom stereocenters. The molecule has 2 nitrogen and oxygen atoms in total. The van der Waals surface area contributed by atoms with Crippen LogP contribution in [0.2, 0.25) is 0 Å². The summed E-state index contributed by atoms with van der Waals surface area (Å²) in [4.78, 5) is 13.6. The lowest BCUT2D eigenvalue weighted by atomic mass is 10.2. The maximum atomic E-state index is 12.0. The fraction of sp³-hybridized carbons (Fsp3) is 0.0625. The number of hydrogen-bond donors (Lipinski definition) is 0. The van der Waals surface area contributed by atoms with E-state index in [1.165, 1.54) is 0 Å². The molecule has 2 aromatic carbocycles. The minimum atomic E-state index is -0.0370.